The molecule has 0 saturated heterocycles. The molecular formula is C29H38ClN3OS. The summed E-state index contributed by atoms with van der Waals surface area (Å²) in [4.78, 5) is 0. The monoisotopic (exact) mass is 511 g/mol. The second-order valence-electron chi connectivity index (χ2n) is 12.3. The van der Waals surface area contributed by atoms with Crippen LogP contribution in [0.3, 0.4) is 0 Å². The Labute approximate surface area is 220 Å². The van der Waals surface area contributed by atoms with Crippen molar-refractivity contribution in [1.82, 2.24) is 5.01 Å². The number of aliphatic hydroxyl groups excluding tert-OH is 1. The van der Waals surface area contributed by atoms with Crippen molar-refractivity contribution in [1.29, 1.82) is 0 Å². The number of fused-ring (bicyclic) bond motifs is 5. The lowest BCUT2D eigenvalue weighted by Crippen LogP contribution is -2.51. The van der Waals surface area contributed by atoms with Gasteiger partial charge in [-0.05, 0) is 104 Å². The van der Waals surface area contributed by atoms with Crippen molar-refractivity contribution in [3.63, 3.8) is 0 Å². The number of nitrogens with two attached hydrogens (primary N) is 1. The van der Waals surface area contributed by atoms with Crippen molar-refractivity contribution in [2.75, 3.05) is 0 Å². The fraction of sp³-hybridized carbons (Fsp3) is 0.655. The van der Waals surface area contributed by atoms with Crippen LogP contribution >= 0.6 is 23.8 Å². The Morgan fingerprint density at radius 2 is 1.91 bits per heavy atom. The van der Waals surface area contributed by atoms with Crippen LogP contribution in [0.1, 0.15) is 83.2 Å². The molecule has 3 saturated carbocycles. The molecule has 6 rings (SSSR count). The largest absolute Gasteiger partial charge is 0.393 e. The molecule has 0 radical (unpaired) electrons. The number of aliphatic hydroxyl groups is 1. The summed E-state index contributed by atoms with van der Waals surface area (Å²) < 4.78 is 0. The molecular weight excluding hydrogens is 474 g/mol. The minimum atomic E-state index is -0.140. The van der Waals surface area contributed by atoms with Crippen LogP contribution in [-0.2, 0) is 0 Å². The highest BCUT2D eigenvalue weighted by Crippen LogP contribution is 2.66. The van der Waals surface area contributed by atoms with Crippen LogP contribution in [0.25, 0.3) is 0 Å². The van der Waals surface area contributed by atoms with E-state index in [-0.39, 0.29) is 23.0 Å². The lowest BCUT2D eigenvalue weighted by molar-refractivity contribution is -0.0424. The van der Waals surface area contributed by atoms with Gasteiger partial charge in [0.2, 0.25) is 0 Å². The van der Waals surface area contributed by atoms with Gasteiger partial charge in [-0.25, -0.2) is 5.01 Å². The molecule has 0 bridgehead atoms. The lowest BCUT2D eigenvalue weighted by atomic mass is 9.47. The number of halogens is 1. The third kappa shape index (κ3) is 3.63. The maximum absolute atomic E-state index is 10.3. The predicted octanol–water partition coefficient (Wildman–Crippen LogP) is 6.63. The first-order valence-corrected chi connectivity index (χ1v) is 14.3. The average molecular weight is 512 g/mol. The molecule has 188 valence electrons. The highest BCUT2D eigenvalue weighted by atomic mass is 35.5. The highest BCUT2D eigenvalue weighted by Gasteiger charge is 2.59. The van der Waals surface area contributed by atoms with E-state index >= 15 is 0 Å². The fourth-order valence-corrected chi connectivity index (χ4v) is 9.55. The second-order valence-corrected chi connectivity index (χ2v) is 13.2. The highest BCUT2D eigenvalue weighted by molar-refractivity contribution is 7.80. The van der Waals surface area contributed by atoms with E-state index in [2.05, 4.69) is 26.0 Å². The summed E-state index contributed by atoms with van der Waals surface area (Å²) in [5.41, 5.74) is 10.6. The first-order valence-electron chi connectivity index (χ1n) is 13.5. The van der Waals surface area contributed by atoms with Crippen molar-refractivity contribution in [2.45, 2.75) is 83.8 Å². The van der Waals surface area contributed by atoms with Gasteiger partial charge >= 0.3 is 0 Å². The van der Waals surface area contributed by atoms with Gasteiger partial charge in [-0.1, -0.05) is 55.3 Å². The van der Waals surface area contributed by atoms with E-state index in [1.54, 1.807) is 5.57 Å². The Morgan fingerprint density at radius 1 is 1.11 bits per heavy atom. The molecule has 3 N–H and O–H groups in total. The fourth-order valence-electron chi connectivity index (χ4n) is 9.12. The Hall–Kier alpha value is -1.43. The second kappa shape index (κ2) is 8.56. The van der Waals surface area contributed by atoms with E-state index in [9.17, 15) is 5.11 Å². The van der Waals surface area contributed by atoms with Crippen LogP contribution < -0.4 is 5.73 Å². The van der Waals surface area contributed by atoms with Gasteiger partial charge in [-0.2, -0.15) is 5.10 Å². The van der Waals surface area contributed by atoms with Crippen LogP contribution in [0.2, 0.25) is 5.02 Å². The summed E-state index contributed by atoms with van der Waals surface area (Å²) >= 11 is 12.0. The minimum absolute atomic E-state index is 0.0112. The Morgan fingerprint density at radius 3 is 2.69 bits per heavy atom. The molecule has 8 atom stereocenters. The number of hydrogen-bond acceptors (Lipinski definition) is 3. The van der Waals surface area contributed by atoms with Crippen molar-refractivity contribution < 1.29 is 5.11 Å². The molecule has 4 aliphatic carbocycles. The molecule has 0 aromatic heterocycles. The summed E-state index contributed by atoms with van der Waals surface area (Å²) in [7, 11) is 0. The van der Waals surface area contributed by atoms with Crippen molar-refractivity contribution in [3.05, 3.63) is 46.5 Å². The van der Waals surface area contributed by atoms with Gasteiger partial charge in [-0.15, -0.1) is 0 Å². The van der Waals surface area contributed by atoms with E-state index in [4.69, 9.17) is 34.7 Å². The summed E-state index contributed by atoms with van der Waals surface area (Å²) in [6.45, 7) is 5.06. The first-order chi connectivity index (χ1) is 16.7. The predicted molar refractivity (Wildman–Crippen MR) is 146 cm³/mol. The molecule has 1 unspecified atom stereocenters. The number of thiocarbonyl (C=S) groups is 1. The smallest absolute Gasteiger partial charge is 0.187 e. The van der Waals surface area contributed by atoms with Crippen LogP contribution in [0, 0.1) is 34.5 Å². The molecule has 0 amide bonds. The molecule has 4 nitrogen and oxygen atoms in total. The van der Waals surface area contributed by atoms with Gasteiger partial charge in [0.1, 0.15) is 0 Å². The van der Waals surface area contributed by atoms with Crippen LogP contribution in [-0.4, -0.2) is 27.0 Å². The Balaban J connectivity index is 1.28. The maximum Gasteiger partial charge on any atom is 0.187 e. The van der Waals surface area contributed by atoms with E-state index < -0.39 is 0 Å². The number of hydrazone groups is 1. The van der Waals surface area contributed by atoms with Crippen molar-refractivity contribution in [2.24, 2.45) is 45.3 Å². The third-order valence-electron chi connectivity index (χ3n) is 10.9. The summed E-state index contributed by atoms with van der Waals surface area (Å²) in [6.07, 6.45) is 12.4. The molecule has 1 heterocycles. The van der Waals surface area contributed by atoms with Gasteiger partial charge in [-0.3, -0.25) is 0 Å². The molecule has 35 heavy (non-hydrogen) atoms. The van der Waals surface area contributed by atoms with Gasteiger partial charge < -0.3 is 10.8 Å². The molecule has 0 spiro atoms. The maximum atomic E-state index is 10.3. The van der Waals surface area contributed by atoms with Crippen molar-refractivity contribution in [3.8, 4) is 0 Å². The molecule has 1 aromatic rings. The number of hydrogen-bond donors (Lipinski definition) is 2. The zero-order valence-electron chi connectivity index (χ0n) is 20.9. The first kappa shape index (κ1) is 23.9. The SMILES string of the molecule is C[C@]12CC[C@H]3[C@@H](CC=C4C[C@@H](O)CC[C@@]43C)[C@@H]1CC[C@@H]2C1=NN(C(N)=S)C(c2ccccc2Cl)C1. The Bertz CT molecular complexity index is 1100. The van der Waals surface area contributed by atoms with Gasteiger partial charge in [0, 0.05) is 23.1 Å². The molecule has 1 aromatic carbocycles. The number of nitrogens with zero attached hydrogens (tertiary/aromatic N) is 2. The van der Waals surface area contributed by atoms with E-state index in [1.807, 2.05) is 23.2 Å². The number of rotatable bonds is 2. The van der Waals surface area contributed by atoms with E-state index in [1.165, 1.54) is 37.8 Å². The zero-order valence-corrected chi connectivity index (χ0v) is 22.5. The quantitative estimate of drug-likeness (QED) is 0.345. The van der Waals surface area contributed by atoms with Crippen molar-refractivity contribution >= 4 is 34.6 Å². The van der Waals surface area contributed by atoms with Crippen LogP contribution in [0.15, 0.2) is 41.0 Å². The van der Waals surface area contributed by atoms with Crippen LogP contribution in [0.4, 0.5) is 0 Å². The molecule has 5 aliphatic rings. The standard InChI is InChI=1S/C29H38ClN3OS/c1-28-13-11-18(34)15-17(28)7-8-19-21-9-10-23(29(21,2)14-12-22(19)28)25-16-26(33(32-25)27(31)35)20-5-3-4-6-24(20)30/h3-7,18-19,21-23,26,34H,8-16H2,1-2H3,(H2,31,35)/t18-,19-,21-,22-,23+,26?,28-,29-/m0/s1. The number of benzene rings is 1. The summed E-state index contributed by atoms with van der Waals surface area (Å²) in [6, 6.07) is 8.00. The van der Waals surface area contributed by atoms with Gasteiger partial charge in [0.15, 0.2) is 5.11 Å². The molecule has 6 heteroatoms. The van der Waals surface area contributed by atoms with Gasteiger partial charge in [0.25, 0.3) is 0 Å². The minimum Gasteiger partial charge on any atom is -0.393 e. The lowest BCUT2D eigenvalue weighted by Gasteiger charge is -2.58. The average Bonchev–Trinajstić information content (AvgIpc) is 3.41. The van der Waals surface area contributed by atoms with E-state index in [0.29, 0.717) is 11.0 Å². The molecule has 1 aliphatic heterocycles. The van der Waals surface area contributed by atoms with Gasteiger partial charge in [0.05, 0.1) is 12.1 Å². The number of allylic oxidation sites excluding steroid dienone is 1. The normalized spacial score (nSPS) is 42.6. The Kier molecular flexibility index (Phi) is 5.86. The topological polar surface area (TPSA) is 61.9 Å². The third-order valence-corrected chi connectivity index (χ3v) is 11.4. The summed E-state index contributed by atoms with van der Waals surface area (Å²) in [5.74, 6) is 2.70. The van der Waals surface area contributed by atoms with Crippen LogP contribution in [0.5, 0.6) is 0 Å². The van der Waals surface area contributed by atoms with E-state index in [0.717, 1.165) is 54.0 Å². The summed E-state index contributed by atoms with van der Waals surface area (Å²) in [5, 5.41) is 18.3. The zero-order chi connectivity index (χ0) is 24.5. The molecule has 3 fully saturated rings.